The van der Waals surface area contributed by atoms with Crippen LogP contribution >= 0.6 is 0 Å². The van der Waals surface area contributed by atoms with Crippen molar-refractivity contribution in [2.75, 3.05) is 13.2 Å². The van der Waals surface area contributed by atoms with Crippen molar-refractivity contribution in [1.82, 2.24) is 0 Å². The van der Waals surface area contributed by atoms with Gasteiger partial charge in [-0.2, -0.15) is 0 Å². The SMILES string of the molecule is O=[N+]([O-])c1ccccc1O[C@@]1(OC2O[C@H](CO)[C@H](O)[C@H](O)[C@H]2O)O[C@@H](CO)[C@@H](O)[C@@H](O)[C@@H]1O. The van der Waals surface area contributed by atoms with E-state index in [0.717, 1.165) is 12.1 Å². The Morgan fingerprint density at radius 2 is 1.52 bits per heavy atom. The molecule has 1 aromatic rings. The summed E-state index contributed by atoms with van der Waals surface area (Å²) < 4.78 is 21.5. The van der Waals surface area contributed by atoms with Gasteiger partial charge in [-0.25, -0.2) is 0 Å². The van der Waals surface area contributed by atoms with Gasteiger partial charge in [0.2, 0.25) is 5.75 Å². The van der Waals surface area contributed by atoms with E-state index in [1.54, 1.807) is 0 Å². The van der Waals surface area contributed by atoms with Crippen molar-refractivity contribution in [1.29, 1.82) is 0 Å². The van der Waals surface area contributed by atoms with Gasteiger partial charge < -0.3 is 55.1 Å². The maximum absolute atomic E-state index is 11.4. The lowest BCUT2D eigenvalue weighted by Crippen LogP contribution is -2.71. The molecule has 15 heteroatoms. The molecule has 2 aliphatic heterocycles. The van der Waals surface area contributed by atoms with Crippen molar-refractivity contribution < 1.29 is 64.7 Å². The summed E-state index contributed by atoms with van der Waals surface area (Å²) in [6, 6.07) is 4.77. The molecule has 0 aliphatic carbocycles. The van der Waals surface area contributed by atoms with Crippen molar-refractivity contribution in [3.8, 4) is 5.75 Å². The molecule has 0 bridgehead atoms. The topological polar surface area (TPSA) is 242 Å². The standard InChI is InChI=1S/C18H25NO14/c20-5-9-11(22)13(24)15(26)17(30-9)33-18(16(27)14(25)12(23)10(6-21)32-18)31-8-4-2-1-3-7(8)19(28)29/h1-4,9-17,20-27H,5-6H2/t9-,10+,11+,12-,13+,14-,15-,16+,17?,18-/m1/s1. The molecule has 2 aliphatic rings. The molecule has 186 valence electrons. The van der Waals surface area contributed by atoms with E-state index in [4.69, 9.17) is 18.9 Å². The number of para-hydroxylation sites is 2. The molecule has 8 N–H and O–H groups in total. The van der Waals surface area contributed by atoms with Crippen LogP contribution in [0, 0.1) is 10.1 Å². The van der Waals surface area contributed by atoms with Crippen LogP contribution in [0.4, 0.5) is 5.69 Å². The van der Waals surface area contributed by atoms with Crippen molar-refractivity contribution in [3.05, 3.63) is 34.4 Å². The second kappa shape index (κ2) is 10.1. The predicted molar refractivity (Wildman–Crippen MR) is 101 cm³/mol. The van der Waals surface area contributed by atoms with E-state index in [9.17, 15) is 51.0 Å². The minimum Gasteiger partial charge on any atom is -0.430 e. The highest BCUT2D eigenvalue weighted by Crippen LogP contribution is 2.39. The smallest absolute Gasteiger partial charge is 0.360 e. The molecule has 2 fully saturated rings. The van der Waals surface area contributed by atoms with E-state index in [0.29, 0.717) is 0 Å². The van der Waals surface area contributed by atoms with Gasteiger partial charge in [-0.3, -0.25) is 14.9 Å². The van der Waals surface area contributed by atoms with Crippen molar-refractivity contribution in [3.63, 3.8) is 0 Å². The average molecular weight is 479 g/mol. The minimum atomic E-state index is -2.94. The fourth-order valence-electron chi connectivity index (χ4n) is 3.49. The van der Waals surface area contributed by atoms with Gasteiger partial charge in [-0.1, -0.05) is 12.1 Å². The quantitative estimate of drug-likeness (QED) is 0.105. The normalized spacial score (nSPS) is 41.5. The number of rotatable bonds is 7. The summed E-state index contributed by atoms with van der Waals surface area (Å²) in [5.41, 5.74) is -0.619. The molecular weight excluding hydrogens is 454 g/mol. The number of aliphatic hydroxyl groups excluding tert-OH is 8. The van der Waals surface area contributed by atoms with Crippen LogP contribution in [-0.4, -0.2) is 120 Å². The monoisotopic (exact) mass is 479 g/mol. The van der Waals surface area contributed by atoms with Gasteiger partial charge in [0.25, 0.3) is 0 Å². The van der Waals surface area contributed by atoms with Crippen LogP contribution in [0.2, 0.25) is 0 Å². The second-order valence-electron chi connectivity index (χ2n) is 7.51. The van der Waals surface area contributed by atoms with E-state index in [1.807, 2.05) is 0 Å². The van der Waals surface area contributed by atoms with Crippen LogP contribution in [-0.2, 0) is 14.2 Å². The van der Waals surface area contributed by atoms with Gasteiger partial charge in [0.1, 0.15) is 42.7 Å². The third kappa shape index (κ3) is 4.79. The van der Waals surface area contributed by atoms with Crippen molar-refractivity contribution in [2.24, 2.45) is 0 Å². The number of hydrogen-bond acceptors (Lipinski definition) is 14. The Labute approximate surface area is 185 Å². The van der Waals surface area contributed by atoms with E-state index in [1.165, 1.54) is 12.1 Å². The van der Waals surface area contributed by atoms with Crippen LogP contribution in [0.25, 0.3) is 0 Å². The van der Waals surface area contributed by atoms with Crippen molar-refractivity contribution in [2.45, 2.75) is 61.1 Å². The van der Waals surface area contributed by atoms with E-state index in [-0.39, 0.29) is 0 Å². The van der Waals surface area contributed by atoms with Crippen LogP contribution in [0.1, 0.15) is 0 Å². The molecule has 2 saturated heterocycles. The molecule has 0 aromatic heterocycles. The van der Waals surface area contributed by atoms with Gasteiger partial charge >= 0.3 is 11.7 Å². The predicted octanol–water partition coefficient (Wildman–Crippen LogP) is -4.08. The molecule has 10 atom stereocenters. The Morgan fingerprint density at radius 1 is 0.909 bits per heavy atom. The molecule has 0 radical (unpaired) electrons. The molecular formula is C18H25NO14. The number of hydrogen-bond donors (Lipinski definition) is 8. The number of nitrogens with zero attached hydrogens (tertiary/aromatic N) is 1. The molecule has 1 unspecified atom stereocenters. The van der Waals surface area contributed by atoms with Crippen LogP contribution in [0.15, 0.2) is 24.3 Å². The van der Waals surface area contributed by atoms with Crippen LogP contribution in [0.5, 0.6) is 5.75 Å². The Bertz CT molecular complexity index is 823. The molecule has 0 saturated carbocycles. The summed E-state index contributed by atoms with van der Waals surface area (Å²) in [6.45, 7) is -1.75. The summed E-state index contributed by atoms with van der Waals surface area (Å²) in [5.74, 6) is -3.47. The Hall–Kier alpha value is -2.02. The summed E-state index contributed by atoms with van der Waals surface area (Å²) in [6.07, 6.45) is -17.0. The van der Waals surface area contributed by atoms with Gasteiger partial charge in [0.15, 0.2) is 12.4 Å². The lowest BCUT2D eigenvalue weighted by molar-refractivity contribution is -0.480. The highest BCUT2D eigenvalue weighted by atomic mass is 16.9. The zero-order valence-corrected chi connectivity index (χ0v) is 16.9. The third-order valence-electron chi connectivity index (χ3n) is 5.36. The molecule has 33 heavy (non-hydrogen) atoms. The molecule has 0 amide bonds. The number of benzene rings is 1. The van der Waals surface area contributed by atoms with E-state index >= 15 is 0 Å². The molecule has 0 spiro atoms. The number of nitro groups is 1. The summed E-state index contributed by atoms with van der Waals surface area (Å²) in [7, 11) is 0. The minimum absolute atomic E-state index is 0.536. The second-order valence-corrected chi connectivity index (χ2v) is 7.51. The average Bonchev–Trinajstić information content (AvgIpc) is 2.80. The molecule has 2 heterocycles. The number of ether oxygens (including phenoxy) is 4. The molecule has 1 aromatic carbocycles. The van der Waals surface area contributed by atoms with Crippen LogP contribution < -0.4 is 4.74 Å². The lowest BCUT2D eigenvalue weighted by Gasteiger charge is -2.49. The molecule has 15 nitrogen and oxygen atoms in total. The summed E-state index contributed by atoms with van der Waals surface area (Å²) in [4.78, 5) is 10.6. The maximum Gasteiger partial charge on any atom is 0.360 e. The van der Waals surface area contributed by atoms with Gasteiger partial charge in [0, 0.05) is 6.07 Å². The summed E-state index contributed by atoms with van der Waals surface area (Å²) in [5, 5.41) is 91.6. The van der Waals surface area contributed by atoms with E-state index < -0.39 is 90.7 Å². The lowest BCUT2D eigenvalue weighted by atomic mass is 9.96. The largest absolute Gasteiger partial charge is 0.430 e. The highest BCUT2D eigenvalue weighted by molar-refractivity contribution is 5.46. The number of nitro benzene ring substituents is 1. The first kappa shape index (κ1) is 25.6. The third-order valence-corrected chi connectivity index (χ3v) is 5.36. The first-order valence-electron chi connectivity index (χ1n) is 9.80. The number of aliphatic hydroxyl groups is 8. The molecule has 3 rings (SSSR count). The van der Waals surface area contributed by atoms with Gasteiger partial charge in [0.05, 0.1) is 18.1 Å². The fourth-order valence-corrected chi connectivity index (χ4v) is 3.49. The van der Waals surface area contributed by atoms with E-state index in [2.05, 4.69) is 0 Å². The maximum atomic E-state index is 11.4. The highest BCUT2D eigenvalue weighted by Gasteiger charge is 2.60. The van der Waals surface area contributed by atoms with Crippen LogP contribution in [0.3, 0.4) is 0 Å². The van der Waals surface area contributed by atoms with Crippen molar-refractivity contribution >= 4 is 5.69 Å². The first-order chi connectivity index (χ1) is 15.6. The Kier molecular flexibility index (Phi) is 7.82. The zero-order chi connectivity index (χ0) is 24.5. The Morgan fingerprint density at radius 3 is 2.12 bits per heavy atom. The fraction of sp³-hybridized carbons (Fsp3) is 0.667. The summed E-state index contributed by atoms with van der Waals surface area (Å²) >= 11 is 0. The Balaban J connectivity index is 2.03. The van der Waals surface area contributed by atoms with Gasteiger partial charge in [-0.05, 0) is 6.07 Å². The first-order valence-corrected chi connectivity index (χ1v) is 9.80. The zero-order valence-electron chi connectivity index (χ0n) is 16.9. The van der Waals surface area contributed by atoms with Gasteiger partial charge in [-0.15, -0.1) is 0 Å².